The van der Waals surface area contributed by atoms with Gasteiger partial charge in [0, 0.05) is 6.54 Å². The summed E-state index contributed by atoms with van der Waals surface area (Å²) in [6.45, 7) is 0.831. The van der Waals surface area contributed by atoms with E-state index in [1.807, 2.05) is 0 Å². The van der Waals surface area contributed by atoms with Gasteiger partial charge >= 0.3 is 0 Å². The van der Waals surface area contributed by atoms with Gasteiger partial charge in [-0.2, -0.15) is 0 Å². The monoisotopic (exact) mass is 311 g/mol. The average Bonchev–Trinajstić information content (AvgIpc) is 2.50. The van der Waals surface area contributed by atoms with E-state index < -0.39 is 10.0 Å². The Morgan fingerprint density at radius 1 is 1.24 bits per heavy atom. The lowest BCUT2D eigenvalue weighted by molar-refractivity contribution is 0.345. The molecule has 1 aromatic carbocycles. The van der Waals surface area contributed by atoms with Crippen LogP contribution in [-0.4, -0.2) is 22.0 Å². The van der Waals surface area contributed by atoms with Gasteiger partial charge in [0.2, 0.25) is 10.0 Å². The molecule has 0 unspecified atom stereocenters. The molecule has 4 N–H and O–H groups in total. The van der Waals surface area contributed by atoms with E-state index in [0.717, 1.165) is 18.9 Å². The lowest BCUT2D eigenvalue weighted by Crippen LogP contribution is -2.19. The highest BCUT2D eigenvalue weighted by atomic mass is 32.2. The predicted molar refractivity (Wildman–Crippen MR) is 86.8 cm³/mol. The molecular weight excluding hydrogens is 286 g/mol. The van der Waals surface area contributed by atoms with Crippen LogP contribution in [0.5, 0.6) is 0 Å². The van der Waals surface area contributed by atoms with E-state index in [-0.39, 0.29) is 4.90 Å². The third kappa shape index (κ3) is 4.35. The Labute approximate surface area is 127 Å². The van der Waals surface area contributed by atoms with Gasteiger partial charge in [-0.15, -0.1) is 0 Å². The van der Waals surface area contributed by atoms with E-state index in [4.69, 9.17) is 5.73 Å². The summed E-state index contributed by atoms with van der Waals surface area (Å²) < 4.78 is 25.9. The summed E-state index contributed by atoms with van der Waals surface area (Å²) in [4.78, 5) is 0.236. The number of sulfonamides is 1. The number of hydrogen-bond acceptors (Lipinski definition) is 4. The molecule has 0 spiro atoms. The van der Waals surface area contributed by atoms with Crippen molar-refractivity contribution in [3.63, 3.8) is 0 Å². The summed E-state index contributed by atoms with van der Waals surface area (Å²) in [5.74, 6) is 0.789. The van der Waals surface area contributed by atoms with Gasteiger partial charge < -0.3 is 11.1 Å². The Bertz CT molecular complexity index is 566. The fourth-order valence-electron chi connectivity index (χ4n) is 2.86. The normalized spacial score (nSPS) is 16.8. The SMILES string of the molecule is CNS(=O)(=O)c1ccc(N)c(NCCC2CCCCC2)c1. The molecule has 6 heteroatoms. The summed E-state index contributed by atoms with van der Waals surface area (Å²) in [6.07, 6.45) is 7.77. The van der Waals surface area contributed by atoms with Crippen LogP contribution < -0.4 is 15.8 Å². The van der Waals surface area contributed by atoms with Crippen molar-refractivity contribution in [3.05, 3.63) is 18.2 Å². The Hall–Kier alpha value is -1.27. The number of rotatable bonds is 6. The topological polar surface area (TPSA) is 84.2 Å². The van der Waals surface area contributed by atoms with Crippen LogP contribution >= 0.6 is 0 Å². The lowest BCUT2D eigenvalue weighted by atomic mass is 9.87. The number of benzene rings is 1. The van der Waals surface area contributed by atoms with E-state index in [9.17, 15) is 8.42 Å². The van der Waals surface area contributed by atoms with E-state index in [1.54, 1.807) is 12.1 Å². The van der Waals surface area contributed by atoms with Crippen LogP contribution in [0.2, 0.25) is 0 Å². The molecule has 0 amide bonds. The van der Waals surface area contributed by atoms with E-state index >= 15 is 0 Å². The maximum absolute atomic E-state index is 11.8. The van der Waals surface area contributed by atoms with Crippen LogP contribution in [0.25, 0.3) is 0 Å². The summed E-state index contributed by atoms with van der Waals surface area (Å²) in [6, 6.07) is 4.75. The van der Waals surface area contributed by atoms with Crippen LogP contribution in [0.4, 0.5) is 11.4 Å². The van der Waals surface area contributed by atoms with Gasteiger partial charge in [0.15, 0.2) is 0 Å². The maximum atomic E-state index is 11.8. The maximum Gasteiger partial charge on any atom is 0.240 e. The van der Waals surface area contributed by atoms with Gasteiger partial charge in [-0.1, -0.05) is 32.1 Å². The first-order chi connectivity index (χ1) is 10.0. The molecule has 0 bridgehead atoms. The number of nitrogens with one attached hydrogen (secondary N) is 2. The third-order valence-corrected chi connectivity index (χ3v) is 5.61. The molecule has 1 aromatic rings. The molecule has 0 saturated heterocycles. The fraction of sp³-hybridized carbons (Fsp3) is 0.600. The highest BCUT2D eigenvalue weighted by Gasteiger charge is 2.15. The smallest absolute Gasteiger partial charge is 0.240 e. The zero-order chi connectivity index (χ0) is 15.3. The van der Waals surface area contributed by atoms with Crippen LogP contribution in [0, 0.1) is 5.92 Å². The van der Waals surface area contributed by atoms with Crippen molar-refractivity contribution in [1.82, 2.24) is 4.72 Å². The Morgan fingerprint density at radius 2 is 1.95 bits per heavy atom. The first-order valence-electron chi connectivity index (χ1n) is 7.60. The molecule has 1 fully saturated rings. The molecule has 1 saturated carbocycles. The molecule has 0 radical (unpaired) electrons. The van der Waals surface area contributed by atoms with Crippen LogP contribution in [0.1, 0.15) is 38.5 Å². The van der Waals surface area contributed by atoms with Gasteiger partial charge in [-0.3, -0.25) is 0 Å². The van der Waals surface area contributed by atoms with Crippen molar-refractivity contribution < 1.29 is 8.42 Å². The summed E-state index contributed by atoms with van der Waals surface area (Å²) in [5.41, 5.74) is 7.19. The van der Waals surface area contributed by atoms with Gasteiger partial charge in [0.25, 0.3) is 0 Å². The summed E-state index contributed by atoms with van der Waals surface area (Å²) in [7, 11) is -2.02. The molecule has 1 aliphatic carbocycles. The standard InChI is InChI=1S/C15H25N3O2S/c1-17-21(19,20)13-7-8-14(16)15(11-13)18-10-9-12-5-3-2-4-6-12/h7-8,11-12,17-18H,2-6,9-10,16H2,1H3. The molecule has 21 heavy (non-hydrogen) atoms. The number of nitrogens with two attached hydrogens (primary N) is 1. The largest absolute Gasteiger partial charge is 0.397 e. The van der Waals surface area contributed by atoms with Crippen LogP contribution in [-0.2, 0) is 10.0 Å². The second-order valence-electron chi connectivity index (χ2n) is 5.68. The second kappa shape index (κ2) is 7.13. The van der Waals surface area contributed by atoms with E-state index in [2.05, 4.69) is 10.0 Å². The molecule has 0 atom stereocenters. The van der Waals surface area contributed by atoms with Crippen molar-refractivity contribution in [3.8, 4) is 0 Å². The fourth-order valence-corrected chi connectivity index (χ4v) is 3.62. The molecule has 0 heterocycles. The summed E-state index contributed by atoms with van der Waals surface area (Å²) >= 11 is 0. The summed E-state index contributed by atoms with van der Waals surface area (Å²) in [5, 5.41) is 3.28. The van der Waals surface area contributed by atoms with Crippen LogP contribution in [0.3, 0.4) is 0 Å². The number of anilines is 2. The molecule has 0 aliphatic heterocycles. The van der Waals surface area contributed by atoms with Crippen molar-refractivity contribution in [1.29, 1.82) is 0 Å². The average molecular weight is 311 g/mol. The van der Waals surface area contributed by atoms with Crippen molar-refractivity contribution in [2.45, 2.75) is 43.4 Å². The Balaban J connectivity index is 1.97. The first kappa shape index (κ1) is 16.1. The Morgan fingerprint density at radius 3 is 2.62 bits per heavy atom. The highest BCUT2D eigenvalue weighted by molar-refractivity contribution is 7.89. The molecule has 1 aliphatic rings. The van der Waals surface area contributed by atoms with Crippen molar-refractivity contribution in [2.24, 2.45) is 5.92 Å². The lowest BCUT2D eigenvalue weighted by Gasteiger charge is -2.22. The van der Waals surface area contributed by atoms with E-state index in [0.29, 0.717) is 11.4 Å². The van der Waals surface area contributed by atoms with Crippen LogP contribution in [0.15, 0.2) is 23.1 Å². The van der Waals surface area contributed by atoms with Gasteiger partial charge in [-0.05, 0) is 37.6 Å². The van der Waals surface area contributed by atoms with Crippen molar-refractivity contribution >= 4 is 21.4 Å². The zero-order valence-corrected chi connectivity index (χ0v) is 13.4. The zero-order valence-electron chi connectivity index (χ0n) is 12.6. The quantitative estimate of drug-likeness (QED) is 0.705. The highest BCUT2D eigenvalue weighted by Crippen LogP contribution is 2.27. The molecule has 0 aromatic heterocycles. The van der Waals surface area contributed by atoms with Gasteiger partial charge in [-0.25, -0.2) is 13.1 Å². The third-order valence-electron chi connectivity index (χ3n) is 4.20. The Kier molecular flexibility index (Phi) is 5.47. The minimum Gasteiger partial charge on any atom is -0.397 e. The number of hydrogen-bond donors (Lipinski definition) is 3. The molecule has 5 nitrogen and oxygen atoms in total. The number of nitrogen functional groups attached to an aromatic ring is 1. The van der Waals surface area contributed by atoms with Gasteiger partial charge in [0.05, 0.1) is 16.3 Å². The minimum atomic E-state index is -3.43. The molecule has 118 valence electrons. The van der Waals surface area contributed by atoms with Gasteiger partial charge in [0.1, 0.15) is 0 Å². The molecular formula is C15H25N3O2S. The first-order valence-corrected chi connectivity index (χ1v) is 9.08. The van der Waals surface area contributed by atoms with Crippen molar-refractivity contribution in [2.75, 3.05) is 24.6 Å². The second-order valence-corrected chi connectivity index (χ2v) is 7.56. The predicted octanol–water partition coefficient (Wildman–Crippen LogP) is 2.56. The van der Waals surface area contributed by atoms with E-state index in [1.165, 1.54) is 45.2 Å². The minimum absolute atomic E-state index is 0.236. The molecule has 2 rings (SSSR count).